The fourth-order valence-corrected chi connectivity index (χ4v) is 4.55. The molecule has 1 aliphatic heterocycles. The Kier molecular flexibility index (Phi) is 11.7. The monoisotopic (exact) mass is 550 g/mol. The van der Waals surface area contributed by atoms with Crippen molar-refractivity contribution in [3.63, 3.8) is 0 Å². The van der Waals surface area contributed by atoms with Gasteiger partial charge < -0.3 is 30.3 Å². The third-order valence-corrected chi connectivity index (χ3v) is 6.79. The molecule has 1 aromatic rings. The van der Waals surface area contributed by atoms with Gasteiger partial charge in [0.25, 0.3) is 0 Å². The van der Waals surface area contributed by atoms with E-state index in [1.165, 1.54) is 7.11 Å². The molecule has 2 unspecified atom stereocenters. The second-order valence-corrected chi connectivity index (χ2v) is 11.5. The second-order valence-electron chi connectivity index (χ2n) is 10.5. The zero-order chi connectivity index (χ0) is 28.5. The van der Waals surface area contributed by atoms with Crippen molar-refractivity contribution in [1.82, 2.24) is 15.5 Å². The fourth-order valence-electron chi connectivity index (χ4n) is 4.08. The first-order chi connectivity index (χ1) is 17.8. The Labute approximate surface area is 229 Å². The number of benzene rings is 1. The van der Waals surface area contributed by atoms with E-state index < -0.39 is 23.8 Å². The molecule has 10 nitrogen and oxygen atoms in total. The number of carbonyl (C=O) groups excluding carboxylic acids is 4. The molecule has 11 heteroatoms. The number of likely N-dealkylation sites (tertiary alicyclic amines) is 1. The minimum Gasteiger partial charge on any atom is -0.495 e. The highest BCUT2D eigenvalue weighted by molar-refractivity contribution is 7.98. The lowest BCUT2D eigenvalue weighted by Gasteiger charge is -2.34. The van der Waals surface area contributed by atoms with Crippen molar-refractivity contribution in [2.75, 3.05) is 37.5 Å². The quantitative estimate of drug-likeness (QED) is 0.408. The number of nitrogens with one attached hydrogen (secondary N) is 3. The molecule has 2 rings (SSSR count). The number of nitrogens with zero attached hydrogens (tertiary/aromatic N) is 1. The lowest BCUT2D eigenvalue weighted by Crippen LogP contribution is -2.53. The number of carbonyl (C=O) groups is 4. The van der Waals surface area contributed by atoms with E-state index in [1.54, 1.807) is 50.4 Å². The van der Waals surface area contributed by atoms with Crippen LogP contribution in [-0.2, 0) is 19.1 Å². The Balaban J connectivity index is 1.90. The molecule has 0 bridgehead atoms. The molecule has 0 aliphatic carbocycles. The van der Waals surface area contributed by atoms with Gasteiger partial charge in [0.2, 0.25) is 17.7 Å². The van der Waals surface area contributed by atoms with Gasteiger partial charge in [-0.05, 0) is 83.6 Å². The largest absolute Gasteiger partial charge is 0.495 e. The SMILES string of the molecule is COc1ccc(C)cc1NC(=O)C(C)NC(=O)C1CCN(C(=O)C(CCSC)NC(=O)OC(C)(C)C)CC1. The van der Waals surface area contributed by atoms with Gasteiger partial charge in [0.1, 0.15) is 23.4 Å². The Hall–Kier alpha value is -2.95. The first-order valence-electron chi connectivity index (χ1n) is 12.9. The lowest BCUT2D eigenvalue weighted by molar-refractivity contribution is -0.137. The molecule has 38 heavy (non-hydrogen) atoms. The summed E-state index contributed by atoms with van der Waals surface area (Å²) in [5, 5.41) is 8.32. The van der Waals surface area contributed by atoms with Gasteiger partial charge in [-0.2, -0.15) is 11.8 Å². The summed E-state index contributed by atoms with van der Waals surface area (Å²) in [5.74, 6) is 0.187. The highest BCUT2D eigenvalue weighted by atomic mass is 32.2. The normalized spacial score (nSPS) is 15.7. The van der Waals surface area contributed by atoms with Crippen LogP contribution in [0.5, 0.6) is 5.75 Å². The van der Waals surface area contributed by atoms with Crippen molar-refractivity contribution in [1.29, 1.82) is 0 Å². The van der Waals surface area contributed by atoms with Crippen LogP contribution in [0.1, 0.15) is 52.5 Å². The molecular formula is C27H42N4O6S. The summed E-state index contributed by atoms with van der Waals surface area (Å²) >= 11 is 1.59. The van der Waals surface area contributed by atoms with Crippen LogP contribution < -0.4 is 20.7 Å². The maximum Gasteiger partial charge on any atom is 0.408 e. The van der Waals surface area contributed by atoms with Gasteiger partial charge in [0, 0.05) is 19.0 Å². The summed E-state index contributed by atoms with van der Waals surface area (Å²) in [6.07, 6.45) is 2.75. The number of rotatable bonds is 10. The number of methoxy groups -OCH3 is 1. The number of hydrogen-bond acceptors (Lipinski definition) is 7. The van der Waals surface area contributed by atoms with Crippen LogP contribution in [0.3, 0.4) is 0 Å². The Morgan fingerprint density at radius 1 is 1.13 bits per heavy atom. The zero-order valence-electron chi connectivity index (χ0n) is 23.5. The van der Waals surface area contributed by atoms with E-state index in [2.05, 4.69) is 16.0 Å². The van der Waals surface area contributed by atoms with Gasteiger partial charge in [0.05, 0.1) is 12.8 Å². The van der Waals surface area contributed by atoms with Gasteiger partial charge in [-0.1, -0.05) is 6.07 Å². The van der Waals surface area contributed by atoms with Crippen molar-refractivity contribution in [3.8, 4) is 5.75 Å². The molecule has 1 saturated heterocycles. The average molecular weight is 551 g/mol. The van der Waals surface area contributed by atoms with Crippen LogP contribution in [0.4, 0.5) is 10.5 Å². The van der Waals surface area contributed by atoms with E-state index in [0.29, 0.717) is 49.5 Å². The van der Waals surface area contributed by atoms with Crippen LogP contribution >= 0.6 is 11.8 Å². The molecule has 1 heterocycles. The highest BCUT2D eigenvalue weighted by Crippen LogP contribution is 2.25. The Morgan fingerprint density at radius 3 is 2.37 bits per heavy atom. The van der Waals surface area contributed by atoms with Crippen LogP contribution in [0, 0.1) is 12.8 Å². The van der Waals surface area contributed by atoms with Gasteiger partial charge in [0.15, 0.2) is 0 Å². The van der Waals surface area contributed by atoms with E-state index in [1.807, 2.05) is 25.3 Å². The molecule has 0 radical (unpaired) electrons. The van der Waals surface area contributed by atoms with Gasteiger partial charge >= 0.3 is 6.09 Å². The summed E-state index contributed by atoms with van der Waals surface area (Å²) in [7, 11) is 1.53. The summed E-state index contributed by atoms with van der Waals surface area (Å²) in [6, 6.07) is 4.03. The molecular weight excluding hydrogens is 508 g/mol. The number of amides is 4. The molecule has 212 valence electrons. The molecule has 0 aromatic heterocycles. The average Bonchev–Trinajstić information content (AvgIpc) is 2.85. The minimum atomic E-state index is -0.749. The molecule has 1 aromatic carbocycles. The second kappa shape index (κ2) is 14.3. The van der Waals surface area contributed by atoms with E-state index in [9.17, 15) is 19.2 Å². The lowest BCUT2D eigenvalue weighted by atomic mass is 9.95. The highest BCUT2D eigenvalue weighted by Gasteiger charge is 2.33. The summed E-state index contributed by atoms with van der Waals surface area (Å²) < 4.78 is 10.6. The third kappa shape index (κ3) is 9.74. The van der Waals surface area contributed by atoms with Crippen LogP contribution in [0.25, 0.3) is 0 Å². The van der Waals surface area contributed by atoms with Gasteiger partial charge in [-0.15, -0.1) is 0 Å². The number of thioether (sulfide) groups is 1. The molecule has 2 atom stereocenters. The predicted molar refractivity (Wildman–Crippen MR) is 149 cm³/mol. The number of anilines is 1. The summed E-state index contributed by atoms with van der Waals surface area (Å²) in [5.41, 5.74) is 0.848. The van der Waals surface area contributed by atoms with Gasteiger partial charge in [-0.3, -0.25) is 14.4 Å². The van der Waals surface area contributed by atoms with Crippen molar-refractivity contribution in [2.24, 2.45) is 5.92 Å². The van der Waals surface area contributed by atoms with E-state index in [-0.39, 0.29) is 23.6 Å². The smallest absolute Gasteiger partial charge is 0.408 e. The van der Waals surface area contributed by atoms with Crippen LogP contribution in [-0.4, -0.2) is 78.6 Å². The Bertz CT molecular complexity index is 988. The zero-order valence-corrected chi connectivity index (χ0v) is 24.3. The van der Waals surface area contributed by atoms with Crippen molar-refractivity contribution in [3.05, 3.63) is 23.8 Å². The maximum atomic E-state index is 13.2. The van der Waals surface area contributed by atoms with E-state index in [4.69, 9.17) is 9.47 Å². The molecule has 1 fully saturated rings. The molecule has 0 spiro atoms. The number of ether oxygens (including phenoxy) is 2. The number of alkyl carbamates (subject to hydrolysis) is 1. The first kappa shape index (κ1) is 31.3. The van der Waals surface area contributed by atoms with Crippen molar-refractivity contribution >= 4 is 41.3 Å². The molecule has 4 amide bonds. The standard InChI is InChI=1S/C27H42N4O6S/c1-17-8-9-22(36-6)21(16-17)29-23(32)18(2)28-24(33)19-10-13-31(14-11-19)25(34)20(12-15-38-7)30-26(35)37-27(3,4)5/h8-9,16,18-20H,10-15H2,1-7H3,(H,28,33)(H,29,32)(H,30,35). The fraction of sp³-hybridized carbons (Fsp3) is 0.630. The van der Waals surface area contributed by atoms with E-state index >= 15 is 0 Å². The maximum absolute atomic E-state index is 13.2. The molecule has 3 N–H and O–H groups in total. The topological polar surface area (TPSA) is 126 Å². The molecule has 0 saturated carbocycles. The third-order valence-electron chi connectivity index (χ3n) is 6.14. The minimum absolute atomic E-state index is 0.177. The van der Waals surface area contributed by atoms with Gasteiger partial charge in [-0.25, -0.2) is 4.79 Å². The van der Waals surface area contributed by atoms with E-state index in [0.717, 1.165) is 5.56 Å². The van der Waals surface area contributed by atoms with Crippen molar-refractivity contribution < 1.29 is 28.7 Å². The number of aryl methyl sites for hydroxylation is 1. The number of hydrogen-bond donors (Lipinski definition) is 3. The van der Waals surface area contributed by atoms with Crippen LogP contribution in [0.15, 0.2) is 18.2 Å². The van der Waals surface area contributed by atoms with Crippen molar-refractivity contribution in [2.45, 2.75) is 71.6 Å². The first-order valence-corrected chi connectivity index (χ1v) is 14.3. The summed E-state index contributed by atoms with van der Waals surface area (Å²) in [6.45, 7) is 9.64. The van der Waals surface area contributed by atoms with Crippen LogP contribution in [0.2, 0.25) is 0 Å². The predicted octanol–water partition coefficient (Wildman–Crippen LogP) is 3.33. The summed E-state index contributed by atoms with van der Waals surface area (Å²) in [4.78, 5) is 52.7. The number of piperidine rings is 1. The molecule has 1 aliphatic rings. The Morgan fingerprint density at radius 2 is 1.79 bits per heavy atom.